The number of carbonyl (C=O) groups excluding carboxylic acids is 1. The summed E-state index contributed by atoms with van der Waals surface area (Å²) in [6.07, 6.45) is 1.86. The summed E-state index contributed by atoms with van der Waals surface area (Å²) in [6.45, 7) is 2.29. The molecule has 1 aromatic carbocycles. The fraction of sp³-hybridized carbons (Fsp3) is 0.250. The van der Waals surface area contributed by atoms with E-state index in [4.69, 9.17) is 0 Å². The number of hydrogen-bond donors (Lipinski definition) is 0. The molecule has 19 heavy (non-hydrogen) atoms. The third-order valence-electron chi connectivity index (χ3n) is 2.57. The molecule has 0 aliphatic carbocycles. The molecule has 0 radical (unpaired) electrons. The molecule has 2 rings (SSSR count). The first-order chi connectivity index (χ1) is 9.06. The van der Waals surface area contributed by atoms with Gasteiger partial charge in [0.2, 0.25) is 5.78 Å². The number of hydrogen-bond acceptors (Lipinski definition) is 3. The summed E-state index contributed by atoms with van der Waals surface area (Å²) in [5.74, 6) is -5.29. The minimum absolute atomic E-state index is 0.0340. The van der Waals surface area contributed by atoms with Crippen LogP contribution in [0, 0.1) is 17.5 Å². The molecular weight excluding hydrogens is 259 g/mol. The van der Waals surface area contributed by atoms with Crippen LogP contribution in [0.1, 0.15) is 29.4 Å². The fourth-order valence-corrected chi connectivity index (χ4v) is 1.65. The van der Waals surface area contributed by atoms with Crippen LogP contribution in [0.4, 0.5) is 13.2 Å². The second-order valence-corrected chi connectivity index (χ2v) is 3.89. The van der Waals surface area contributed by atoms with Gasteiger partial charge in [0.1, 0.15) is 5.69 Å². The normalized spacial score (nSPS) is 10.7. The van der Waals surface area contributed by atoms with Gasteiger partial charge >= 0.3 is 0 Å². The molecule has 0 aliphatic heterocycles. The van der Waals surface area contributed by atoms with Crippen LogP contribution in [0.15, 0.2) is 18.3 Å². The topological polar surface area (TPSA) is 47.8 Å². The molecule has 0 N–H and O–H groups in total. The zero-order valence-electron chi connectivity index (χ0n) is 10.0. The van der Waals surface area contributed by atoms with E-state index < -0.39 is 28.8 Å². The number of aromatic nitrogens is 3. The summed E-state index contributed by atoms with van der Waals surface area (Å²) in [5.41, 5.74) is -0.509. The first-order valence-electron chi connectivity index (χ1n) is 5.63. The van der Waals surface area contributed by atoms with E-state index in [0.29, 0.717) is 19.0 Å². The van der Waals surface area contributed by atoms with E-state index in [2.05, 4.69) is 10.3 Å². The number of carbonyl (C=O) groups is 1. The molecule has 0 saturated heterocycles. The largest absolute Gasteiger partial charge is 0.287 e. The molecule has 0 atom stereocenters. The summed E-state index contributed by atoms with van der Waals surface area (Å²) in [7, 11) is 0. The van der Waals surface area contributed by atoms with Crippen molar-refractivity contribution in [2.45, 2.75) is 19.9 Å². The average Bonchev–Trinajstić information content (AvgIpc) is 2.84. The van der Waals surface area contributed by atoms with Crippen LogP contribution < -0.4 is 0 Å². The Morgan fingerprint density at radius 2 is 2.00 bits per heavy atom. The lowest BCUT2D eigenvalue weighted by molar-refractivity contribution is 0.102. The molecule has 0 unspecified atom stereocenters. The number of benzene rings is 1. The minimum atomic E-state index is -1.67. The van der Waals surface area contributed by atoms with Gasteiger partial charge in [0.05, 0.1) is 11.8 Å². The molecule has 0 fully saturated rings. The molecule has 100 valence electrons. The van der Waals surface area contributed by atoms with Gasteiger partial charge < -0.3 is 0 Å². The SMILES string of the molecule is CCCn1nncc1C(=O)c1ccc(F)c(F)c1F. The van der Waals surface area contributed by atoms with Crippen LogP contribution in [0.25, 0.3) is 0 Å². The number of rotatable bonds is 4. The highest BCUT2D eigenvalue weighted by atomic mass is 19.2. The Hall–Kier alpha value is -2.18. The molecule has 1 heterocycles. The third-order valence-corrected chi connectivity index (χ3v) is 2.57. The van der Waals surface area contributed by atoms with Gasteiger partial charge in [-0.1, -0.05) is 12.1 Å². The molecule has 2 aromatic rings. The van der Waals surface area contributed by atoms with Gasteiger partial charge in [0.25, 0.3) is 0 Å². The van der Waals surface area contributed by atoms with Gasteiger partial charge in [-0.15, -0.1) is 5.10 Å². The predicted molar refractivity (Wildman–Crippen MR) is 60.1 cm³/mol. The highest BCUT2D eigenvalue weighted by Crippen LogP contribution is 2.18. The first kappa shape index (κ1) is 13.3. The van der Waals surface area contributed by atoms with Crippen LogP contribution in [0.3, 0.4) is 0 Å². The molecule has 4 nitrogen and oxygen atoms in total. The van der Waals surface area contributed by atoms with Crippen molar-refractivity contribution >= 4 is 5.78 Å². The van der Waals surface area contributed by atoms with Gasteiger partial charge in [-0.25, -0.2) is 17.9 Å². The van der Waals surface area contributed by atoms with E-state index in [1.165, 1.54) is 10.9 Å². The summed E-state index contributed by atoms with van der Waals surface area (Å²) in [6, 6.07) is 1.61. The Bertz CT molecular complexity index is 625. The van der Waals surface area contributed by atoms with E-state index >= 15 is 0 Å². The summed E-state index contributed by atoms with van der Waals surface area (Å²) < 4.78 is 40.7. The number of halogens is 3. The zero-order valence-corrected chi connectivity index (χ0v) is 10.0. The summed E-state index contributed by atoms with van der Waals surface area (Å²) in [4.78, 5) is 12.1. The predicted octanol–water partition coefficient (Wildman–Crippen LogP) is 2.34. The second kappa shape index (κ2) is 5.21. The Morgan fingerprint density at radius 3 is 2.68 bits per heavy atom. The maximum Gasteiger partial charge on any atom is 0.215 e. The minimum Gasteiger partial charge on any atom is -0.287 e. The maximum absolute atomic E-state index is 13.5. The summed E-state index contributed by atoms with van der Waals surface area (Å²) in [5, 5.41) is 7.24. The molecule has 0 amide bonds. The lowest BCUT2D eigenvalue weighted by Gasteiger charge is -2.05. The van der Waals surface area contributed by atoms with E-state index in [-0.39, 0.29) is 5.69 Å². The van der Waals surface area contributed by atoms with Crippen molar-refractivity contribution in [1.29, 1.82) is 0 Å². The smallest absolute Gasteiger partial charge is 0.215 e. The fourth-order valence-electron chi connectivity index (χ4n) is 1.65. The van der Waals surface area contributed by atoms with E-state index in [1.54, 1.807) is 0 Å². The van der Waals surface area contributed by atoms with Crippen molar-refractivity contribution in [2.24, 2.45) is 0 Å². The molecular formula is C12H10F3N3O. The van der Waals surface area contributed by atoms with Crippen molar-refractivity contribution in [1.82, 2.24) is 15.0 Å². The van der Waals surface area contributed by atoms with E-state index in [1.807, 2.05) is 6.92 Å². The standard InChI is InChI=1S/C12H10F3N3O/c1-2-5-18-9(6-16-17-18)12(19)7-3-4-8(13)11(15)10(7)14/h3-4,6H,2,5H2,1H3. The zero-order chi connectivity index (χ0) is 14.0. The molecule has 1 aromatic heterocycles. The maximum atomic E-state index is 13.5. The van der Waals surface area contributed by atoms with Crippen LogP contribution >= 0.6 is 0 Å². The average molecular weight is 269 g/mol. The van der Waals surface area contributed by atoms with Crippen LogP contribution in [-0.4, -0.2) is 20.8 Å². The van der Waals surface area contributed by atoms with Crippen molar-refractivity contribution in [3.8, 4) is 0 Å². The molecule has 7 heteroatoms. The van der Waals surface area contributed by atoms with Crippen LogP contribution in [0.5, 0.6) is 0 Å². The van der Waals surface area contributed by atoms with E-state index in [0.717, 1.165) is 6.07 Å². The Morgan fingerprint density at radius 1 is 1.26 bits per heavy atom. The number of nitrogens with zero attached hydrogens (tertiary/aromatic N) is 3. The Balaban J connectivity index is 2.45. The van der Waals surface area contributed by atoms with Gasteiger partial charge in [-0.2, -0.15) is 0 Å². The number of ketones is 1. The molecule has 0 bridgehead atoms. The molecule has 0 saturated carbocycles. The van der Waals surface area contributed by atoms with Crippen LogP contribution in [0.2, 0.25) is 0 Å². The number of aryl methyl sites for hydroxylation is 1. The van der Waals surface area contributed by atoms with Gasteiger partial charge in [-0.3, -0.25) is 4.79 Å². The third kappa shape index (κ3) is 2.35. The highest BCUT2D eigenvalue weighted by molar-refractivity contribution is 6.07. The van der Waals surface area contributed by atoms with Crippen molar-refractivity contribution < 1.29 is 18.0 Å². The monoisotopic (exact) mass is 269 g/mol. The molecule has 0 spiro atoms. The lowest BCUT2D eigenvalue weighted by Crippen LogP contribution is -2.14. The Labute approximate surface area is 106 Å². The van der Waals surface area contributed by atoms with Crippen molar-refractivity contribution in [3.63, 3.8) is 0 Å². The molecule has 0 aliphatic rings. The lowest BCUT2D eigenvalue weighted by atomic mass is 10.1. The summed E-state index contributed by atoms with van der Waals surface area (Å²) >= 11 is 0. The highest BCUT2D eigenvalue weighted by Gasteiger charge is 2.22. The Kier molecular flexibility index (Phi) is 3.64. The van der Waals surface area contributed by atoms with Crippen LogP contribution in [-0.2, 0) is 6.54 Å². The van der Waals surface area contributed by atoms with Gasteiger partial charge in [0.15, 0.2) is 17.5 Å². The van der Waals surface area contributed by atoms with Gasteiger partial charge in [-0.05, 0) is 18.6 Å². The van der Waals surface area contributed by atoms with Gasteiger partial charge in [0, 0.05) is 6.54 Å². The second-order valence-electron chi connectivity index (χ2n) is 3.89. The quantitative estimate of drug-likeness (QED) is 0.632. The van der Waals surface area contributed by atoms with Crippen molar-refractivity contribution in [2.75, 3.05) is 0 Å². The van der Waals surface area contributed by atoms with E-state index in [9.17, 15) is 18.0 Å². The van der Waals surface area contributed by atoms with Crippen molar-refractivity contribution in [3.05, 3.63) is 47.0 Å². The first-order valence-corrected chi connectivity index (χ1v) is 5.63.